The molecule has 12 heteroatoms. The van der Waals surface area contributed by atoms with Crippen LogP contribution >= 0.6 is 23.2 Å². The number of hydrogen-bond donors (Lipinski definition) is 3. The molecule has 1 aliphatic heterocycles. The van der Waals surface area contributed by atoms with Gasteiger partial charge in [-0.2, -0.15) is 5.10 Å². The van der Waals surface area contributed by atoms with Crippen molar-refractivity contribution < 1.29 is 19.4 Å². The molecule has 0 radical (unpaired) electrons. The van der Waals surface area contributed by atoms with E-state index >= 15 is 0 Å². The minimum absolute atomic E-state index is 0.0587. The summed E-state index contributed by atoms with van der Waals surface area (Å²) in [6.45, 7) is 1.37. The number of nitrogens with one attached hydrogen (secondary N) is 2. The van der Waals surface area contributed by atoms with Crippen LogP contribution in [-0.4, -0.2) is 58.2 Å². The Hall–Kier alpha value is -3.80. The van der Waals surface area contributed by atoms with E-state index in [0.29, 0.717) is 65.2 Å². The molecule has 3 N–H and O–H groups in total. The Balaban J connectivity index is 1.41. The van der Waals surface area contributed by atoms with Crippen molar-refractivity contribution in [1.82, 2.24) is 20.1 Å². The lowest BCUT2D eigenvalue weighted by molar-refractivity contribution is -0.0281. The molecule has 0 aliphatic carbocycles. The van der Waals surface area contributed by atoms with Crippen LogP contribution in [0, 0.1) is 0 Å². The Kier molecular flexibility index (Phi) is 9.20. The lowest BCUT2D eigenvalue weighted by Crippen LogP contribution is -2.46. The van der Waals surface area contributed by atoms with E-state index in [-0.39, 0.29) is 16.6 Å². The summed E-state index contributed by atoms with van der Waals surface area (Å²) in [6, 6.07) is 15.7. The van der Waals surface area contributed by atoms with Crippen LogP contribution in [0.5, 0.6) is 5.88 Å². The van der Waals surface area contributed by atoms with Crippen molar-refractivity contribution in [3.05, 3.63) is 92.3 Å². The van der Waals surface area contributed by atoms with Crippen LogP contribution in [0.15, 0.2) is 65.6 Å². The molecule has 218 valence electrons. The van der Waals surface area contributed by atoms with Gasteiger partial charge >= 0.3 is 0 Å². The molecule has 4 aromatic rings. The molecule has 1 saturated heterocycles. The quantitative estimate of drug-likeness (QED) is 0.269. The molecule has 0 spiro atoms. The van der Waals surface area contributed by atoms with E-state index in [9.17, 15) is 14.7 Å². The monoisotopic (exact) mass is 609 g/mol. The number of hydrogen-bond acceptors (Lipinski definition) is 8. The second-order valence-electron chi connectivity index (χ2n) is 9.75. The average Bonchev–Trinajstić information content (AvgIpc) is 2.99. The van der Waals surface area contributed by atoms with Crippen molar-refractivity contribution in [2.45, 2.75) is 25.1 Å². The van der Waals surface area contributed by atoms with Crippen LogP contribution in [0.25, 0.3) is 22.4 Å². The number of aryl methyl sites for hydroxylation is 1. The molecule has 2 aromatic heterocycles. The fourth-order valence-electron chi connectivity index (χ4n) is 4.78. The van der Waals surface area contributed by atoms with Crippen LogP contribution in [0.4, 0.5) is 5.69 Å². The van der Waals surface area contributed by atoms with Crippen molar-refractivity contribution in [2.24, 2.45) is 7.05 Å². The van der Waals surface area contributed by atoms with Gasteiger partial charge in [0, 0.05) is 54.7 Å². The second kappa shape index (κ2) is 13.0. The molecule has 1 fully saturated rings. The summed E-state index contributed by atoms with van der Waals surface area (Å²) >= 11 is 13.7. The van der Waals surface area contributed by atoms with Gasteiger partial charge in [0.1, 0.15) is 5.56 Å². The zero-order valence-electron chi connectivity index (χ0n) is 22.9. The molecule has 0 unspecified atom stereocenters. The fourth-order valence-corrected chi connectivity index (χ4v) is 5.37. The smallest absolute Gasteiger partial charge is 0.279 e. The van der Waals surface area contributed by atoms with E-state index in [0.717, 1.165) is 10.2 Å². The van der Waals surface area contributed by atoms with E-state index in [1.807, 2.05) is 30.3 Å². The van der Waals surface area contributed by atoms with E-state index in [1.165, 1.54) is 19.3 Å². The molecular formula is C30H29Cl2N5O5. The van der Waals surface area contributed by atoms with E-state index < -0.39 is 17.6 Å². The predicted octanol–water partition coefficient (Wildman–Crippen LogP) is 4.32. The highest BCUT2D eigenvalue weighted by Gasteiger charge is 2.24. The van der Waals surface area contributed by atoms with Crippen molar-refractivity contribution in [3.8, 4) is 28.3 Å². The van der Waals surface area contributed by atoms with Crippen LogP contribution in [0.1, 0.15) is 22.3 Å². The summed E-state index contributed by atoms with van der Waals surface area (Å²) in [4.78, 5) is 29.9. The minimum Gasteiger partial charge on any atom is -0.481 e. The SMILES string of the molecule is COc1nc(-c2cccc(-c3cccc(NC(=O)c4ccnn(C)c4=O)c3Cl)c2Cl)ccc1CN[C@@H]1CCOC[C@@H]1O. The maximum Gasteiger partial charge on any atom is 0.279 e. The maximum absolute atomic E-state index is 12.9. The third kappa shape index (κ3) is 6.18. The highest BCUT2D eigenvalue weighted by Crippen LogP contribution is 2.41. The van der Waals surface area contributed by atoms with Crippen molar-refractivity contribution >= 4 is 34.8 Å². The molecule has 1 aliphatic rings. The Labute approximate surface area is 252 Å². The normalized spacial score (nSPS) is 16.7. The summed E-state index contributed by atoms with van der Waals surface area (Å²) in [7, 11) is 3.02. The topological polar surface area (TPSA) is 128 Å². The summed E-state index contributed by atoms with van der Waals surface area (Å²) in [6.07, 6.45) is 1.52. The summed E-state index contributed by atoms with van der Waals surface area (Å²) < 4.78 is 12.0. The zero-order chi connectivity index (χ0) is 29.8. The third-order valence-corrected chi connectivity index (χ3v) is 7.89. The first-order valence-corrected chi connectivity index (χ1v) is 14.0. The number of amides is 1. The number of methoxy groups -OCH3 is 1. The largest absolute Gasteiger partial charge is 0.481 e. The zero-order valence-corrected chi connectivity index (χ0v) is 24.4. The van der Waals surface area contributed by atoms with Gasteiger partial charge in [0.05, 0.1) is 41.2 Å². The number of aliphatic hydroxyl groups excluding tert-OH is 1. The van der Waals surface area contributed by atoms with Gasteiger partial charge in [-0.25, -0.2) is 9.67 Å². The summed E-state index contributed by atoms with van der Waals surface area (Å²) in [5.74, 6) is -0.165. The molecule has 0 saturated carbocycles. The van der Waals surface area contributed by atoms with Crippen molar-refractivity contribution in [3.63, 3.8) is 0 Å². The van der Waals surface area contributed by atoms with E-state index in [2.05, 4.69) is 15.7 Å². The fraction of sp³-hybridized carbons (Fsp3) is 0.267. The van der Waals surface area contributed by atoms with Crippen LogP contribution in [0.3, 0.4) is 0 Å². The minimum atomic E-state index is -0.603. The number of aromatic nitrogens is 3. The third-order valence-electron chi connectivity index (χ3n) is 7.08. The summed E-state index contributed by atoms with van der Waals surface area (Å²) in [5.41, 5.74) is 3.07. The number of rotatable bonds is 8. The molecule has 10 nitrogen and oxygen atoms in total. The lowest BCUT2D eigenvalue weighted by Gasteiger charge is -2.28. The molecule has 3 heterocycles. The van der Waals surface area contributed by atoms with Crippen LogP contribution in [0.2, 0.25) is 10.0 Å². The number of nitrogens with zero attached hydrogens (tertiary/aromatic N) is 3. The first-order chi connectivity index (χ1) is 20.3. The molecule has 1 amide bonds. The number of carbonyl (C=O) groups is 1. The molecule has 2 atom stereocenters. The molecule has 2 aromatic carbocycles. The number of halogens is 2. The number of anilines is 1. The van der Waals surface area contributed by atoms with Crippen LogP contribution in [-0.2, 0) is 18.3 Å². The van der Waals surface area contributed by atoms with Gasteiger partial charge in [0.25, 0.3) is 11.5 Å². The lowest BCUT2D eigenvalue weighted by atomic mass is 10.00. The Bertz CT molecular complexity index is 1680. The van der Waals surface area contributed by atoms with E-state index in [4.69, 9.17) is 37.7 Å². The highest BCUT2D eigenvalue weighted by atomic mass is 35.5. The van der Waals surface area contributed by atoms with Gasteiger partial charge in [-0.1, -0.05) is 59.6 Å². The van der Waals surface area contributed by atoms with Gasteiger partial charge in [-0.3, -0.25) is 9.59 Å². The Morgan fingerprint density at radius 1 is 1.10 bits per heavy atom. The van der Waals surface area contributed by atoms with Gasteiger partial charge in [0.15, 0.2) is 0 Å². The number of ether oxygens (including phenoxy) is 2. The number of aliphatic hydroxyl groups is 1. The predicted molar refractivity (Wildman–Crippen MR) is 161 cm³/mol. The average molecular weight is 610 g/mol. The van der Waals surface area contributed by atoms with E-state index in [1.54, 1.807) is 25.3 Å². The first-order valence-electron chi connectivity index (χ1n) is 13.2. The molecule has 5 rings (SSSR count). The van der Waals surface area contributed by atoms with Gasteiger partial charge < -0.3 is 25.2 Å². The maximum atomic E-state index is 12.9. The molecular weight excluding hydrogens is 581 g/mol. The highest BCUT2D eigenvalue weighted by molar-refractivity contribution is 6.39. The number of benzene rings is 2. The van der Waals surface area contributed by atoms with Gasteiger partial charge in [-0.05, 0) is 24.6 Å². The van der Waals surface area contributed by atoms with Gasteiger partial charge in [-0.15, -0.1) is 0 Å². The number of pyridine rings is 1. The summed E-state index contributed by atoms with van der Waals surface area (Å²) in [5, 5.41) is 20.8. The molecule has 0 bridgehead atoms. The second-order valence-corrected chi connectivity index (χ2v) is 10.5. The first kappa shape index (κ1) is 29.7. The number of carbonyl (C=O) groups excluding carboxylic acids is 1. The Morgan fingerprint density at radius 3 is 2.60 bits per heavy atom. The van der Waals surface area contributed by atoms with Crippen LogP contribution < -0.4 is 20.9 Å². The standard InChI is InChI=1S/C30H29Cl2N5O5/c1-37-30(40)21(11-13-34-37)28(39)35-24-8-4-6-19(27(24)32)18-5-3-7-20(26(18)31)22-10-9-17(29(36-22)41-2)15-33-23-12-14-42-16-25(23)38/h3-11,13,23,25,33,38H,12,14-16H2,1-2H3,(H,35,39)/t23-,25+/m1/s1. The van der Waals surface area contributed by atoms with Gasteiger partial charge in [0.2, 0.25) is 5.88 Å². The van der Waals surface area contributed by atoms with Crippen molar-refractivity contribution in [1.29, 1.82) is 0 Å². The Morgan fingerprint density at radius 2 is 1.83 bits per heavy atom. The van der Waals surface area contributed by atoms with Crippen molar-refractivity contribution in [2.75, 3.05) is 25.6 Å². The molecule has 42 heavy (non-hydrogen) atoms.